The summed E-state index contributed by atoms with van der Waals surface area (Å²) in [4.78, 5) is 42.7. The Bertz CT molecular complexity index is 1280. The quantitative estimate of drug-likeness (QED) is 0.415. The van der Waals surface area contributed by atoms with Crippen LogP contribution in [0.25, 0.3) is 0 Å². The Morgan fingerprint density at radius 2 is 1.73 bits per heavy atom. The predicted molar refractivity (Wildman–Crippen MR) is 141 cm³/mol. The Balaban J connectivity index is 1.31. The summed E-state index contributed by atoms with van der Waals surface area (Å²) in [5.74, 6) is -0.874. The minimum Gasteiger partial charge on any atom is -0.339 e. The molecule has 2 heterocycles. The van der Waals surface area contributed by atoms with Crippen molar-refractivity contribution in [1.29, 1.82) is 0 Å². The molecular formula is C29H31FN4O3. The van der Waals surface area contributed by atoms with Crippen molar-refractivity contribution in [3.05, 3.63) is 89.0 Å². The van der Waals surface area contributed by atoms with E-state index in [4.69, 9.17) is 0 Å². The van der Waals surface area contributed by atoms with Crippen LogP contribution >= 0.6 is 0 Å². The standard InChI is InChI=1S/C29H31FN4O3/c1-3-5-27(35)33-24-13-10-22(18-19(24)2)29(37)34-16-14-21(15-17-34)20-8-11-23(12-9-20)31-28(36)25-6-4-7-26(30)32-25/h4,6-13,18,21H,3,5,14-17H2,1-2H3,(H,31,36)(H,33,35). The third kappa shape index (κ3) is 6.58. The second-order valence-electron chi connectivity index (χ2n) is 9.32. The average molecular weight is 503 g/mol. The van der Waals surface area contributed by atoms with Gasteiger partial charge in [-0.2, -0.15) is 4.39 Å². The molecule has 0 aliphatic carbocycles. The van der Waals surface area contributed by atoms with Gasteiger partial charge in [-0.3, -0.25) is 14.4 Å². The van der Waals surface area contributed by atoms with Gasteiger partial charge in [0.2, 0.25) is 11.9 Å². The lowest BCUT2D eigenvalue weighted by molar-refractivity contribution is -0.116. The number of hydrogen-bond donors (Lipinski definition) is 2. The van der Waals surface area contributed by atoms with Gasteiger partial charge in [0, 0.05) is 36.4 Å². The van der Waals surface area contributed by atoms with E-state index in [9.17, 15) is 18.8 Å². The fraction of sp³-hybridized carbons (Fsp3) is 0.310. The molecule has 8 heteroatoms. The van der Waals surface area contributed by atoms with E-state index in [0.29, 0.717) is 36.7 Å². The van der Waals surface area contributed by atoms with Gasteiger partial charge in [0.15, 0.2) is 0 Å². The first-order valence-corrected chi connectivity index (χ1v) is 12.6. The highest BCUT2D eigenvalue weighted by molar-refractivity contribution is 6.02. The van der Waals surface area contributed by atoms with Crippen molar-refractivity contribution in [2.24, 2.45) is 0 Å². The first-order valence-electron chi connectivity index (χ1n) is 12.6. The molecule has 1 aromatic heterocycles. The zero-order valence-corrected chi connectivity index (χ0v) is 21.1. The van der Waals surface area contributed by atoms with E-state index >= 15 is 0 Å². The van der Waals surface area contributed by atoms with Gasteiger partial charge < -0.3 is 15.5 Å². The number of amides is 3. The van der Waals surface area contributed by atoms with Crippen LogP contribution in [0.1, 0.15) is 70.5 Å². The van der Waals surface area contributed by atoms with Crippen LogP contribution in [0.4, 0.5) is 15.8 Å². The van der Waals surface area contributed by atoms with E-state index in [2.05, 4.69) is 15.6 Å². The van der Waals surface area contributed by atoms with Crippen molar-refractivity contribution in [2.75, 3.05) is 23.7 Å². The summed E-state index contributed by atoms with van der Waals surface area (Å²) in [7, 11) is 0. The molecule has 3 amide bonds. The van der Waals surface area contributed by atoms with Crippen molar-refractivity contribution in [2.45, 2.75) is 45.4 Å². The number of halogens is 1. The van der Waals surface area contributed by atoms with Gasteiger partial charge >= 0.3 is 0 Å². The van der Waals surface area contributed by atoms with Gasteiger partial charge in [0.25, 0.3) is 11.8 Å². The molecule has 0 atom stereocenters. The van der Waals surface area contributed by atoms with Crippen LogP contribution in [0.3, 0.4) is 0 Å². The largest absolute Gasteiger partial charge is 0.339 e. The molecule has 1 aliphatic rings. The van der Waals surface area contributed by atoms with Crippen molar-refractivity contribution >= 4 is 29.1 Å². The van der Waals surface area contributed by atoms with Crippen LogP contribution in [-0.4, -0.2) is 40.7 Å². The fourth-order valence-corrected chi connectivity index (χ4v) is 4.54. The minimum absolute atomic E-state index is 0.00277. The van der Waals surface area contributed by atoms with Crippen LogP contribution in [0.2, 0.25) is 0 Å². The number of nitrogens with zero attached hydrogens (tertiary/aromatic N) is 2. The topological polar surface area (TPSA) is 91.4 Å². The number of anilines is 2. The van der Waals surface area contributed by atoms with Crippen LogP contribution in [0.15, 0.2) is 60.7 Å². The molecule has 1 fully saturated rings. The van der Waals surface area contributed by atoms with Crippen molar-refractivity contribution in [1.82, 2.24) is 9.88 Å². The average Bonchev–Trinajstić information content (AvgIpc) is 2.90. The minimum atomic E-state index is -0.698. The number of aromatic nitrogens is 1. The second kappa shape index (κ2) is 11.8. The number of hydrogen-bond acceptors (Lipinski definition) is 4. The monoisotopic (exact) mass is 502 g/mol. The zero-order chi connectivity index (χ0) is 26.4. The molecule has 0 spiro atoms. The maximum absolute atomic E-state index is 13.3. The molecule has 37 heavy (non-hydrogen) atoms. The molecule has 0 radical (unpaired) electrons. The van der Waals surface area contributed by atoms with Gasteiger partial charge in [0.05, 0.1) is 0 Å². The second-order valence-corrected chi connectivity index (χ2v) is 9.32. The van der Waals surface area contributed by atoms with Gasteiger partial charge in [-0.1, -0.05) is 25.1 Å². The Kier molecular flexibility index (Phi) is 8.28. The molecule has 192 valence electrons. The maximum Gasteiger partial charge on any atom is 0.274 e. The number of rotatable bonds is 7. The van der Waals surface area contributed by atoms with E-state index in [-0.39, 0.29) is 17.5 Å². The molecule has 0 bridgehead atoms. The van der Waals surface area contributed by atoms with Crippen LogP contribution in [-0.2, 0) is 4.79 Å². The number of nitrogens with one attached hydrogen (secondary N) is 2. The lowest BCUT2D eigenvalue weighted by atomic mass is 9.89. The highest BCUT2D eigenvalue weighted by atomic mass is 19.1. The predicted octanol–water partition coefficient (Wildman–Crippen LogP) is 5.54. The van der Waals surface area contributed by atoms with Crippen LogP contribution < -0.4 is 10.6 Å². The Hall–Kier alpha value is -4.07. The van der Waals surface area contributed by atoms with E-state index in [1.807, 2.05) is 49.1 Å². The number of carbonyl (C=O) groups excluding carboxylic acids is 3. The molecule has 1 aliphatic heterocycles. The Morgan fingerprint density at radius 1 is 1.00 bits per heavy atom. The first-order chi connectivity index (χ1) is 17.8. The van der Waals surface area contributed by atoms with E-state index in [1.54, 1.807) is 12.1 Å². The number of likely N-dealkylation sites (tertiary alicyclic amines) is 1. The van der Waals surface area contributed by atoms with Gasteiger partial charge in [0.1, 0.15) is 5.69 Å². The molecular weight excluding hydrogens is 471 g/mol. The number of benzene rings is 2. The summed E-state index contributed by atoms with van der Waals surface area (Å²) in [6, 6.07) is 17.1. The lowest BCUT2D eigenvalue weighted by Gasteiger charge is -2.32. The van der Waals surface area contributed by atoms with E-state index < -0.39 is 11.9 Å². The fourth-order valence-electron chi connectivity index (χ4n) is 4.54. The van der Waals surface area contributed by atoms with E-state index in [1.165, 1.54) is 18.2 Å². The third-order valence-corrected chi connectivity index (χ3v) is 6.59. The van der Waals surface area contributed by atoms with Crippen molar-refractivity contribution in [3.8, 4) is 0 Å². The highest BCUT2D eigenvalue weighted by Crippen LogP contribution is 2.30. The number of pyridine rings is 1. The van der Waals surface area contributed by atoms with Gasteiger partial charge in [-0.05, 0) is 85.7 Å². The van der Waals surface area contributed by atoms with Gasteiger partial charge in [-0.25, -0.2) is 4.98 Å². The number of piperidine rings is 1. The zero-order valence-electron chi connectivity index (χ0n) is 21.1. The maximum atomic E-state index is 13.3. The van der Waals surface area contributed by atoms with Crippen molar-refractivity contribution < 1.29 is 18.8 Å². The summed E-state index contributed by atoms with van der Waals surface area (Å²) >= 11 is 0. The molecule has 7 nitrogen and oxygen atoms in total. The normalized spacial score (nSPS) is 13.8. The number of carbonyl (C=O) groups is 3. The van der Waals surface area contributed by atoms with Crippen molar-refractivity contribution in [3.63, 3.8) is 0 Å². The summed E-state index contributed by atoms with van der Waals surface area (Å²) in [5.41, 5.74) is 4.00. The molecule has 3 aromatic rings. The summed E-state index contributed by atoms with van der Waals surface area (Å²) in [6.07, 6.45) is 2.94. The summed E-state index contributed by atoms with van der Waals surface area (Å²) in [6.45, 7) is 5.16. The summed E-state index contributed by atoms with van der Waals surface area (Å²) < 4.78 is 13.3. The molecule has 1 saturated heterocycles. The van der Waals surface area contributed by atoms with Gasteiger partial charge in [-0.15, -0.1) is 0 Å². The van der Waals surface area contributed by atoms with E-state index in [0.717, 1.165) is 36.1 Å². The molecule has 2 N–H and O–H groups in total. The van der Waals surface area contributed by atoms with Crippen LogP contribution in [0.5, 0.6) is 0 Å². The Labute approximate surface area is 216 Å². The smallest absolute Gasteiger partial charge is 0.274 e. The SMILES string of the molecule is CCCC(=O)Nc1ccc(C(=O)N2CCC(c3ccc(NC(=O)c4cccc(F)n4)cc3)CC2)cc1C. The summed E-state index contributed by atoms with van der Waals surface area (Å²) in [5, 5.41) is 5.64. The van der Waals surface area contributed by atoms with Crippen LogP contribution in [0, 0.1) is 12.9 Å². The molecule has 0 unspecified atom stereocenters. The molecule has 2 aromatic carbocycles. The lowest BCUT2D eigenvalue weighted by Crippen LogP contribution is -2.38. The Morgan fingerprint density at radius 3 is 2.38 bits per heavy atom. The third-order valence-electron chi connectivity index (χ3n) is 6.59. The number of aryl methyl sites for hydroxylation is 1. The highest BCUT2D eigenvalue weighted by Gasteiger charge is 2.25. The molecule has 0 saturated carbocycles. The molecule has 4 rings (SSSR count). The first kappa shape index (κ1) is 26.0.